The molecular weight excluding hydrogens is 236 g/mol. The summed E-state index contributed by atoms with van der Waals surface area (Å²) in [6.45, 7) is 0.131. The molecule has 2 aromatic rings. The number of hydrogen-bond acceptors (Lipinski definition) is 4. The third kappa shape index (κ3) is 2.73. The standard InChI is InChI=1S/C12H10N2O4/c15-12(13-7-6-11(8-13)14(16)17)18-9-10-4-2-1-3-5-10/h1-8H,9H2. The minimum atomic E-state index is -0.646. The van der Waals surface area contributed by atoms with Crippen molar-refractivity contribution in [1.29, 1.82) is 0 Å². The molecule has 0 fully saturated rings. The fraction of sp³-hybridized carbons (Fsp3) is 0.0833. The van der Waals surface area contributed by atoms with Gasteiger partial charge in [-0.05, 0) is 5.56 Å². The van der Waals surface area contributed by atoms with Gasteiger partial charge < -0.3 is 4.74 Å². The summed E-state index contributed by atoms with van der Waals surface area (Å²) in [7, 11) is 0. The molecule has 0 aliphatic carbocycles. The first kappa shape index (κ1) is 11.8. The summed E-state index contributed by atoms with van der Waals surface area (Å²) in [6, 6.07) is 10.4. The van der Waals surface area contributed by atoms with Gasteiger partial charge in [-0.1, -0.05) is 30.3 Å². The van der Waals surface area contributed by atoms with Gasteiger partial charge in [0.2, 0.25) is 0 Å². The predicted molar refractivity (Wildman–Crippen MR) is 63.1 cm³/mol. The Morgan fingerprint density at radius 1 is 1.28 bits per heavy atom. The number of ether oxygens (including phenoxy) is 1. The molecule has 1 aromatic heterocycles. The molecule has 0 saturated carbocycles. The Morgan fingerprint density at radius 2 is 2.00 bits per heavy atom. The molecule has 0 bridgehead atoms. The maximum Gasteiger partial charge on any atom is 0.418 e. The highest BCUT2D eigenvalue weighted by atomic mass is 16.6. The van der Waals surface area contributed by atoms with E-state index in [1.165, 1.54) is 12.3 Å². The summed E-state index contributed by atoms with van der Waals surface area (Å²) in [5.74, 6) is 0. The number of benzene rings is 1. The van der Waals surface area contributed by atoms with Gasteiger partial charge in [-0.15, -0.1) is 0 Å². The van der Waals surface area contributed by atoms with Crippen LogP contribution < -0.4 is 0 Å². The van der Waals surface area contributed by atoms with Crippen molar-refractivity contribution in [3.63, 3.8) is 0 Å². The highest BCUT2D eigenvalue weighted by Crippen LogP contribution is 2.11. The molecule has 0 spiro atoms. The molecule has 18 heavy (non-hydrogen) atoms. The first-order chi connectivity index (χ1) is 8.66. The van der Waals surface area contributed by atoms with Crippen LogP contribution in [0, 0.1) is 10.1 Å². The van der Waals surface area contributed by atoms with Crippen molar-refractivity contribution in [2.75, 3.05) is 0 Å². The lowest BCUT2D eigenvalue weighted by molar-refractivity contribution is -0.384. The Hall–Kier alpha value is -2.63. The summed E-state index contributed by atoms with van der Waals surface area (Å²) >= 11 is 0. The summed E-state index contributed by atoms with van der Waals surface area (Å²) < 4.78 is 6.05. The van der Waals surface area contributed by atoms with E-state index in [0.29, 0.717) is 0 Å². The second-order valence-electron chi connectivity index (χ2n) is 3.57. The van der Waals surface area contributed by atoms with Crippen LogP contribution in [0.5, 0.6) is 0 Å². The van der Waals surface area contributed by atoms with Crippen molar-refractivity contribution in [1.82, 2.24) is 4.57 Å². The van der Waals surface area contributed by atoms with Gasteiger partial charge in [0.05, 0.1) is 11.1 Å². The van der Waals surface area contributed by atoms with Gasteiger partial charge in [0.25, 0.3) is 5.69 Å². The lowest BCUT2D eigenvalue weighted by Gasteiger charge is -2.04. The van der Waals surface area contributed by atoms with Crippen LogP contribution in [0.2, 0.25) is 0 Å². The average Bonchev–Trinajstić information content (AvgIpc) is 2.87. The highest BCUT2D eigenvalue weighted by Gasteiger charge is 2.12. The van der Waals surface area contributed by atoms with E-state index in [2.05, 4.69) is 0 Å². The molecule has 0 aliphatic heterocycles. The van der Waals surface area contributed by atoms with E-state index in [1.807, 2.05) is 30.3 Å². The molecule has 0 aliphatic rings. The summed E-state index contributed by atoms with van der Waals surface area (Å²) in [5, 5.41) is 10.5. The van der Waals surface area contributed by atoms with Crippen LogP contribution in [0.1, 0.15) is 5.56 Å². The second kappa shape index (κ2) is 5.13. The molecule has 2 rings (SSSR count). The van der Waals surface area contributed by atoms with Crippen LogP contribution in [-0.4, -0.2) is 15.6 Å². The van der Waals surface area contributed by atoms with Crippen LogP contribution in [0.3, 0.4) is 0 Å². The van der Waals surface area contributed by atoms with E-state index < -0.39 is 11.0 Å². The first-order valence-corrected chi connectivity index (χ1v) is 5.20. The van der Waals surface area contributed by atoms with Crippen LogP contribution >= 0.6 is 0 Å². The zero-order chi connectivity index (χ0) is 13.0. The highest BCUT2D eigenvalue weighted by molar-refractivity contribution is 5.71. The molecule has 6 nitrogen and oxygen atoms in total. The normalized spacial score (nSPS) is 10.0. The van der Waals surface area contributed by atoms with Gasteiger partial charge in [0, 0.05) is 12.3 Å². The number of nitro groups is 1. The molecular formula is C12H10N2O4. The number of carbonyl (C=O) groups excluding carboxylic acids is 1. The topological polar surface area (TPSA) is 74.4 Å². The minimum absolute atomic E-state index is 0.131. The Kier molecular flexibility index (Phi) is 3.38. The minimum Gasteiger partial charge on any atom is -0.444 e. The van der Waals surface area contributed by atoms with E-state index in [0.717, 1.165) is 16.3 Å². The van der Waals surface area contributed by atoms with E-state index in [9.17, 15) is 14.9 Å². The number of aromatic nitrogens is 1. The van der Waals surface area contributed by atoms with Crippen molar-refractivity contribution >= 4 is 11.8 Å². The monoisotopic (exact) mass is 246 g/mol. The molecule has 0 N–H and O–H groups in total. The maximum absolute atomic E-state index is 11.6. The van der Waals surface area contributed by atoms with Gasteiger partial charge in [0.15, 0.2) is 0 Å². The molecule has 1 heterocycles. The largest absolute Gasteiger partial charge is 0.444 e. The molecule has 92 valence electrons. The molecule has 0 atom stereocenters. The number of hydrogen-bond donors (Lipinski definition) is 0. The zero-order valence-electron chi connectivity index (χ0n) is 9.35. The average molecular weight is 246 g/mol. The molecule has 0 saturated heterocycles. The van der Waals surface area contributed by atoms with Gasteiger partial charge in [-0.25, -0.2) is 4.79 Å². The van der Waals surface area contributed by atoms with E-state index in [1.54, 1.807) is 0 Å². The lowest BCUT2D eigenvalue weighted by Crippen LogP contribution is -2.11. The molecule has 1 aromatic carbocycles. The Morgan fingerprint density at radius 3 is 2.61 bits per heavy atom. The van der Waals surface area contributed by atoms with Gasteiger partial charge in [0.1, 0.15) is 6.61 Å². The van der Waals surface area contributed by atoms with Gasteiger partial charge in [-0.2, -0.15) is 0 Å². The number of rotatable bonds is 3. The third-order valence-electron chi connectivity index (χ3n) is 2.30. The van der Waals surface area contributed by atoms with Crippen molar-refractivity contribution in [3.05, 3.63) is 64.5 Å². The third-order valence-corrected chi connectivity index (χ3v) is 2.30. The Balaban J connectivity index is 1.97. The fourth-order valence-corrected chi connectivity index (χ4v) is 1.40. The zero-order valence-corrected chi connectivity index (χ0v) is 9.35. The molecule has 0 amide bonds. The summed E-state index contributed by atoms with van der Waals surface area (Å²) in [5.41, 5.74) is 0.708. The predicted octanol–water partition coefficient (Wildman–Crippen LogP) is 2.58. The van der Waals surface area contributed by atoms with E-state index in [-0.39, 0.29) is 12.3 Å². The van der Waals surface area contributed by atoms with Crippen molar-refractivity contribution in [2.45, 2.75) is 6.61 Å². The smallest absolute Gasteiger partial charge is 0.418 e. The van der Waals surface area contributed by atoms with Gasteiger partial charge in [-0.3, -0.25) is 14.7 Å². The van der Waals surface area contributed by atoms with E-state index in [4.69, 9.17) is 4.74 Å². The summed E-state index contributed by atoms with van der Waals surface area (Å²) in [6.07, 6.45) is 1.77. The van der Waals surface area contributed by atoms with Crippen LogP contribution in [0.4, 0.5) is 10.5 Å². The van der Waals surface area contributed by atoms with Gasteiger partial charge >= 0.3 is 6.09 Å². The van der Waals surface area contributed by atoms with Crippen LogP contribution in [-0.2, 0) is 11.3 Å². The Bertz CT molecular complexity index is 562. The first-order valence-electron chi connectivity index (χ1n) is 5.20. The summed E-state index contributed by atoms with van der Waals surface area (Å²) in [4.78, 5) is 21.5. The maximum atomic E-state index is 11.6. The molecule has 6 heteroatoms. The fourth-order valence-electron chi connectivity index (χ4n) is 1.40. The number of nitrogens with zero attached hydrogens (tertiary/aromatic N) is 2. The molecule has 0 unspecified atom stereocenters. The van der Waals surface area contributed by atoms with Crippen molar-refractivity contribution < 1.29 is 14.5 Å². The van der Waals surface area contributed by atoms with E-state index >= 15 is 0 Å². The quantitative estimate of drug-likeness (QED) is 0.616. The lowest BCUT2D eigenvalue weighted by atomic mass is 10.2. The Labute approximate surface area is 103 Å². The van der Waals surface area contributed by atoms with Crippen molar-refractivity contribution in [3.8, 4) is 0 Å². The molecule has 0 radical (unpaired) electrons. The van der Waals surface area contributed by atoms with Crippen molar-refractivity contribution in [2.24, 2.45) is 0 Å². The SMILES string of the molecule is O=C(OCc1ccccc1)n1ccc([N+](=O)[O-])c1. The van der Waals surface area contributed by atoms with Crippen LogP contribution in [0.15, 0.2) is 48.8 Å². The van der Waals surface area contributed by atoms with Crippen LogP contribution in [0.25, 0.3) is 0 Å². The second-order valence-corrected chi connectivity index (χ2v) is 3.57. The number of carbonyl (C=O) groups is 1.